The first-order valence-electron chi connectivity index (χ1n) is 14.4. The van der Waals surface area contributed by atoms with Crippen molar-refractivity contribution in [3.63, 3.8) is 0 Å². The van der Waals surface area contributed by atoms with E-state index >= 15 is 0 Å². The van der Waals surface area contributed by atoms with Crippen LogP contribution in [0.5, 0.6) is 5.75 Å². The first-order valence-corrected chi connectivity index (χ1v) is 16.3. The quantitative estimate of drug-likeness (QED) is 0.131. The Hall–Kier alpha value is -4.64. The van der Waals surface area contributed by atoms with Crippen LogP contribution in [0.15, 0.2) is 117 Å². The highest BCUT2D eigenvalue weighted by atomic mass is 35.5. The molecule has 0 unspecified atom stereocenters. The number of sulfonamides is 1. The molecular formula is C35H33ClN2O7S. The van der Waals surface area contributed by atoms with Crippen LogP contribution in [-0.4, -0.2) is 50.3 Å². The number of carbonyl (C=O) groups is 2. The first-order chi connectivity index (χ1) is 22.1. The van der Waals surface area contributed by atoms with Gasteiger partial charge in [0, 0.05) is 23.8 Å². The summed E-state index contributed by atoms with van der Waals surface area (Å²) < 4.78 is 45.0. The van der Waals surface area contributed by atoms with E-state index in [1.165, 1.54) is 41.8 Å². The fourth-order valence-electron chi connectivity index (χ4n) is 5.17. The molecule has 0 atom stereocenters. The number of benzene rings is 3. The van der Waals surface area contributed by atoms with Gasteiger partial charge in [-0.25, -0.2) is 13.2 Å². The van der Waals surface area contributed by atoms with Gasteiger partial charge in [-0.15, -0.1) is 0 Å². The van der Waals surface area contributed by atoms with E-state index in [1.807, 2.05) is 54.6 Å². The number of allylic oxidation sites excluding steroid dienone is 1. The largest absolute Gasteiger partial charge is 0.497 e. The van der Waals surface area contributed by atoms with Crippen molar-refractivity contribution in [1.29, 1.82) is 0 Å². The van der Waals surface area contributed by atoms with Gasteiger partial charge in [0.05, 0.1) is 36.8 Å². The van der Waals surface area contributed by atoms with Crippen LogP contribution in [0.4, 0.5) is 0 Å². The highest BCUT2D eigenvalue weighted by Crippen LogP contribution is 2.32. The SMILES string of the molecule is COC(=O)C1=C(C)N(CCc2ccc(OC)cc2)C(=O)/C1=C/c1ccc(CN(Cc2ccccc2)S(=O)(=O)c2ccc(Cl)cc2)o1. The summed E-state index contributed by atoms with van der Waals surface area (Å²) in [6.45, 7) is 2.06. The van der Waals surface area contributed by atoms with Gasteiger partial charge in [-0.2, -0.15) is 4.31 Å². The van der Waals surface area contributed by atoms with Crippen LogP contribution in [0.1, 0.15) is 29.6 Å². The molecule has 1 aliphatic heterocycles. The van der Waals surface area contributed by atoms with Gasteiger partial charge in [-0.1, -0.05) is 54.1 Å². The second kappa shape index (κ2) is 14.2. The summed E-state index contributed by atoms with van der Waals surface area (Å²) >= 11 is 6.00. The third-order valence-corrected chi connectivity index (χ3v) is 9.70. The number of methoxy groups -OCH3 is 2. The van der Waals surface area contributed by atoms with Gasteiger partial charge in [0.2, 0.25) is 10.0 Å². The molecule has 0 fully saturated rings. The number of hydrogen-bond acceptors (Lipinski definition) is 7. The Balaban J connectivity index is 1.40. The maximum atomic E-state index is 13.7. The summed E-state index contributed by atoms with van der Waals surface area (Å²) in [5, 5.41) is 0.425. The zero-order valence-corrected chi connectivity index (χ0v) is 27.2. The molecule has 9 nitrogen and oxygen atoms in total. The lowest BCUT2D eigenvalue weighted by atomic mass is 10.1. The number of rotatable bonds is 12. The lowest BCUT2D eigenvalue weighted by molar-refractivity contribution is -0.136. The van der Waals surface area contributed by atoms with Crippen molar-refractivity contribution in [3.05, 3.63) is 136 Å². The number of amides is 1. The van der Waals surface area contributed by atoms with Crippen molar-refractivity contribution < 1.29 is 31.9 Å². The van der Waals surface area contributed by atoms with Gasteiger partial charge in [0.1, 0.15) is 17.3 Å². The Labute approximate surface area is 273 Å². The van der Waals surface area contributed by atoms with E-state index in [4.69, 9.17) is 25.5 Å². The molecule has 11 heteroatoms. The lowest BCUT2D eigenvalue weighted by Gasteiger charge is -2.21. The van der Waals surface area contributed by atoms with E-state index in [-0.39, 0.29) is 40.8 Å². The number of halogens is 1. The van der Waals surface area contributed by atoms with Crippen molar-refractivity contribution in [2.75, 3.05) is 20.8 Å². The third-order valence-electron chi connectivity index (χ3n) is 7.64. The molecule has 0 aliphatic carbocycles. The molecule has 0 N–H and O–H groups in total. The summed E-state index contributed by atoms with van der Waals surface area (Å²) in [5.41, 5.74) is 2.56. The van der Waals surface area contributed by atoms with Crippen LogP contribution in [0.3, 0.4) is 0 Å². The zero-order valence-electron chi connectivity index (χ0n) is 25.6. The standard InChI is InChI=1S/C35H33ClN2O7S/c1-24-33(35(40)44-3)32(34(39)38(24)20-19-25-9-13-28(43-2)14-10-25)21-29-15-16-30(45-29)23-37(22-26-7-5-4-6-8-26)46(41,42)31-17-11-27(36)12-18-31/h4-18,21H,19-20,22-23H2,1-3H3/b32-21+. The molecule has 0 spiro atoms. The number of nitrogens with zero attached hydrogens (tertiary/aromatic N) is 2. The molecule has 3 aromatic carbocycles. The Bertz CT molecular complexity index is 1880. The summed E-state index contributed by atoms with van der Waals surface area (Å²) in [6.07, 6.45) is 2.04. The predicted octanol–water partition coefficient (Wildman–Crippen LogP) is 6.25. The molecule has 0 saturated heterocycles. The van der Waals surface area contributed by atoms with Gasteiger partial charge in [0.25, 0.3) is 5.91 Å². The summed E-state index contributed by atoms with van der Waals surface area (Å²) in [4.78, 5) is 28.1. The highest BCUT2D eigenvalue weighted by molar-refractivity contribution is 7.89. The smallest absolute Gasteiger partial charge is 0.340 e. The Morgan fingerprint density at radius 2 is 1.61 bits per heavy atom. The Kier molecular flexibility index (Phi) is 10.1. The first kappa shape index (κ1) is 32.7. The summed E-state index contributed by atoms with van der Waals surface area (Å²) in [7, 11) is -1.08. The average molecular weight is 661 g/mol. The minimum absolute atomic E-state index is 0.0797. The van der Waals surface area contributed by atoms with E-state index in [9.17, 15) is 18.0 Å². The maximum Gasteiger partial charge on any atom is 0.340 e. The van der Waals surface area contributed by atoms with E-state index in [1.54, 1.807) is 31.1 Å². The fraction of sp³-hybridized carbons (Fsp3) is 0.200. The molecule has 1 aliphatic rings. The fourth-order valence-corrected chi connectivity index (χ4v) is 6.69. The molecule has 1 aromatic heterocycles. The molecule has 46 heavy (non-hydrogen) atoms. The van der Waals surface area contributed by atoms with E-state index in [2.05, 4.69) is 0 Å². The minimum Gasteiger partial charge on any atom is -0.497 e. The highest BCUT2D eigenvalue weighted by Gasteiger charge is 2.37. The number of hydrogen-bond donors (Lipinski definition) is 0. The lowest BCUT2D eigenvalue weighted by Crippen LogP contribution is -2.30. The summed E-state index contributed by atoms with van der Waals surface area (Å²) in [5.74, 6) is 0.369. The number of ether oxygens (including phenoxy) is 2. The van der Waals surface area contributed by atoms with Crippen LogP contribution in [0, 0.1) is 0 Å². The second-order valence-electron chi connectivity index (χ2n) is 10.6. The average Bonchev–Trinajstić information content (AvgIpc) is 3.60. The zero-order chi connectivity index (χ0) is 32.8. The van der Waals surface area contributed by atoms with Crippen LogP contribution in [0.25, 0.3) is 6.08 Å². The van der Waals surface area contributed by atoms with Gasteiger partial charge >= 0.3 is 5.97 Å². The third kappa shape index (κ3) is 7.25. The number of carbonyl (C=O) groups excluding carboxylic acids is 2. The topological polar surface area (TPSA) is 106 Å². The molecule has 4 aromatic rings. The summed E-state index contributed by atoms with van der Waals surface area (Å²) in [6, 6.07) is 26.0. The van der Waals surface area contributed by atoms with Crippen LogP contribution >= 0.6 is 11.6 Å². The molecule has 5 rings (SSSR count). The number of furan rings is 1. The van der Waals surface area contributed by atoms with Gasteiger partial charge < -0.3 is 18.8 Å². The molecule has 0 saturated carbocycles. The predicted molar refractivity (Wildman–Crippen MR) is 174 cm³/mol. The maximum absolute atomic E-state index is 13.7. The van der Waals surface area contributed by atoms with E-state index in [0.717, 1.165) is 16.9 Å². The van der Waals surface area contributed by atoms with Gasteiger partial charge in [-0.05, 0) is 79.1 Å². The minimum atomic E-state index is -3.94. The molecule has 1 amide bonds. The number of esters is 1. The van der Waals surface area contributed by atoms with Crippen LogP contribution < -0.4 is 4.74 Å². The van der Waals surface area contributed by atoms with Crippen molar-refractivity contribution in [2.24, 2.45) is 0 Å². The van der Waals surface area contributed by atoms with E-state index < -0.39 is 16.0 Å². The molecule has 2 heterocycles. The second-order valence-corrected chi connectivity index (χ2v) is 13.0. The molecule has 0 bridgehead atoms. The monoisotopic (exact) mass is 660 g/mol. The van der Waals surface area contributed by atoms with Crippen molar-refractivity contribution >= 4 is 39.6 Å². The normalized spacial score (nSPS) is 14.4. The molecule has 0 radical (unpaired) electrons. The Morgan fingerprint density at radius 3 is 2.26 bits per heavy atom. The van der Waals surface area contributed by atoms with Crippen LogP contribution in [0.2, 0.25) is 5.02 Å². The molecule has 238 valence electrons. The van der Waals surface area contributed by atoms with Crippen molar-refractivity contribution in [1.82, 2.24) is 9.21 Å². The Morgan fingerprint density at radius 1 is 0.913 bits per heavy atom. The van der Waals surface area contributed by atoms with Gasteiger partial charge in [-0.3, -0.25) is 4.79 Å². The van der Waals surface area contributed by atoms with E-state index in [0.29, 0.717) is 29.4 Å². The van der Waals surface area contributed by atoms with Crippen molar-refractivity contribution in [2.45, 2.75) is 31.3 Å². The van der Waals surface area contributed by atoms with Crippen molar-refractivity contribution in [3.8, 4) is 5.75 Å². The van der Waals surface area contributed by atoms with Crippen LogP contribution in [-0.2, 0) is 43.9 Å². The van der Waals surface area contributed by atoms with Gasteiger partial charge in [0.15, 0.2) is 0 Å². The molecular weight excluding hydrogens is 628 g/mol.